The Morgan fingerprint density at radius 3 is 3.08 bits per heavy atom. The van der Waals surface area contributed by atoms with Crippen LogP contribution in [0.5, 0.6) is 11.5 Å². The highest BCUT2D eigenvalue weighted by Gasteiger charge is 2.22. The lowest BCUT2D eigenvalue weighted by Crippen LogP contribution is -2.31. The molecular formula is C18H23N3O3. The van der Waals surface area contributed by atoms with Gasteiger partial charge in [0.25, 0.3) is 0 Å². The quantitative estimate of drug-likeness (QED) is 0.884. The molecule has 0 bridgehead atoms. The Morgan fingerprint density at radius 1 is 1.54 bits per heavy atom. The molecule has 6 heteroatoms. The Labute approximate surface area is 141 Å². The van der Waals surface area contributed by atoms with Crippen molar-refractivity contribution < 1.29 is 14.3 Å². The fourth-order valence-electron chi connectivity index (χ4n) is 2.87. The molecule has 1 aromatic carbocycles. The van der Waals surface area contributed by atoms with Crippen LogP contribution in [0.2, 0.25) is 0 Å². The van der Waals surface area contributed by atoms with Crippen LogP contribution < -0.4 is 14.8 Å². The third-order valence-corrected chi connectivity index (χ3v) is 4.13. The maximum Gasteiger partial charge on any atom is 0.244 e. The van der Waals surface area contributed by atoms with E-state index in [-0.39, 0.29) is 18.1 Å². The van der Waals surface area contributed by atoms with Crippen molar-refractivity contribution in [2.24, 2.45) is 0 Å². The lowest BCUT2D eigenvalue weighted by Gasteiger charge is -2.15. The van der Waals surface area contributed by atoms with Gasteiger partial charge in [0.2, 0.25) is 5.91 Å². The van der Waals surface area contributed by atoms with Crippen LogP contribution in [0.15, 0.2) is 30.6 Å². The van der Waals surface area contributed by atoms with Gasteiger partial charge >= 0.3 is 0 Å². The van der Waals surface area contributed by atoms with Gasteiger partial charge in [-0.25, -0.2) is 0 Å². The summed E-state index contributed by atoms with van der Waals surface area (Å²) in [7, 11) is 0. The van der Waals surface area contributed by atoms with Gasteiger partial charge in [-0.3, -0.25) is 9.48 Å². The Hall–Kier alpha value is -2.50. The Balaban J connectivity index is 1.72. The lowest BCUT2D eigenvalue weighted by molar-refractivity contribution is -0.124. The van der Waals surface area contributed by atoms with Gasteiger partial charge in [0.1, 0.15) is 23.6 Å². The number of carbonyl (C=O) groups excluding carboxylic acids is 1. The van der Waals surface area contributed by atoms with Crippen molar-refractivity contribution in [3.05, 3.63) is 41.7 Å². The lowest BCUT2D eigenvalue weighted by atomic mass is 10.1. The maximum absolute atomic E-state index is 12.3. The molecule has 2 heterocycles. The molecule has 0 saturated heterocycles. The van der Waals surface area contributed by atoms with Crippen LogP contribution >= 0.6 is 0 Å². The SMILES string of the molecule is CCOc1cc2c(cc1CNC(=O)[C@@H](C)n1cccn1)O[C@@H](C)C2. The molecule has 24 heavy (non-hydrogen) atoms. The fourth-order valence-corrected chi connectivity index (χ4v) is 2.87. The minimum absolute atomic E-state index is 0.0871. The summed E-state index contributed by atoms with van der Waals surface area (Å²) in [6.07, 6.45) is 4.51. The third kappa shape index (κ3) is 3.37. The molecule has 0 aliphatic carbocycles. The number of hydrogen-bond donors (Lipinski definition) is 1. The number of rotatable bonds is 6. The second kappa shape index (κ2) is 6.95. The largest absolute Gasteiger partial charge is 0.494 e. The first-order chi connectivity index (χ1) is 11.6. The van der Waals surface area contributed by atoms with E-state index in [9.17, 15) is 4.79 Å². The van der Waals surface area contributed by atoms with Gasteiger partial charge in [0.15, 0.2) is 0 Å². The maximum atomic E-state index is 12.3. The van der Waals surface area contributed by atoms with E-state index >= 15 is 0 Å². The summed E-state index contributed by atoms with van der Waals surface area (Å²) in [6, 6.07) is 5.45. The van der Waals surface area contributed by atoms with Gasteiger partial charge in [0, 0.05) is 36.5 Å². The van der Waals surface area contributed by atoms with Crippen molar-refractivity contribution in [3.63, 3.8) is 0 Å². The highest BCUT2D eigenvalue weighted by molar-refractivity contribution is 5.79. The van der Waals surface area contributed by atoms with Crippen LogP contribution in [0.1, 0.15) is 37.9 Å². The molecular weight excluding hydrogens is 306 g/mol. The summed E-state index contributed by atoms with van der Waals surface area (Å²) in [4.78, 5) is 12.3. The van der Waals surface area contributed by atoms with Crippen molar-refractivity contribution in [1.29, 1.82) is 0 Å². The molecule has 128 valence electrons. The van der Waals surface area contributed by atoms with Crippen LogP contribution in [0.3, 0.4) is 0 Å². The summed E-state index contributed by atoms with van der Waals surface area (Å²) in [6.45, 7) is 6.80. The van der Waals surface area contributed by atoms with E-state index in [2.05, 4.69) is 10.4 Å². The van der Waals surface area contributed by atoms with E-state index in [0.29, 0.717) is 13.2 Å². The minimum Gasteiger partial charge on any atom is -0.494 e. The highest BCUT2D eigenvalue weighted by Crippen LogP contribution is 2.35. The first kappa shape index (κ1) is 16.4. The number of nitrogens with zero attached hydrogens (tertiary/aromatic N) is 2. The van der Waals surface area contributed by atoms with E-state index in [1.54, 1.807) is 23.1 Å². The van der Waals surface area contributed by atoms with Crippen molar-refractivity contribution in [3.8, 4) is 11.5 Å². The zero-order chi connectivity index (χ0) is 17.1. The normalized spacial score (nSPS) is 17.0. The second-order valence-corrected chi connectivity index (χ2v) is 6.01. The number of ether oxygens (including phenoxy) is 2. The third-order valence-electron chi connectivity index (χ3n) is 4.13. The Morgan fingerprint density at radius 2 is 2.38 bits per heavy atom. The molecule has 0 radical (unpaired) electrons. The van der Waals surface area contributed by atoms with Gasteiger partial charge in [0.05, 0.1) is 6.61 Å². The predicted octanol–water partition coefficient (Wildman–Crippen LogP) is 2.48. The molecule has 1 amide bonds. The number of nitrogens with one attached hydrogen (secondary N) is 1. The Kier molecular flexibility index (Phi) is 4.74. The molecule has 0 saturated carbocycles. The van der Waals surface area contributed by atoms with E-state index in [4.69, 9.17) is 9.47 Å². The van der Waals surface area contributed by atoms with Gasteiger partial charge in [-0.1, -0.05) is 0 Å². The number of fused-ring (bicyclic) bond motifs is 1. The Bertz CT molecular complexity index is 713. The minimum atomic E-state index is -0.360. The molecule has 3 rings (SSSR count). The number of amides is 1. The first-order valence-corrected chi connectivity index (χ1v) is 8.30. The number of aromatic nitrogens is 2. The summed E-state index contributed by atoms with van der Waals surface area (Å²) < 4.78 is 13.2. The molecule has 1 N–H and O–H groups in total. The van der Waals surface area contributed by atoms with Gasteiger partial charge in [-0.05, 0) is 39.0 Å². The molecule has 2 aromatic rings. The molecule has 1 aliphatic rings. The monoisotopic (exact) mass is 329 g/mol. The highest BCUT2D eigenvalue weighted by atomic mass is 16.5. The van der Waals surface area contributed by atoms with E-state index in [0.717, 1.165) is 29.0 Å². The van der Waals surface area contributed by atoms with Crippen molar-refractivity contribution in [2.75, 3.05) is 6.61 Å². The molecule has 0 fully saturated rings. The second-order valence-electron chi connectivity index (χ2n) is 6.01. The molecule has 2 atom stereocenters. The zero-order valence-electron chi connectivity index (χ0n) is 14.3. The molecule has 6 nitrogen and oxygen atoms in total. The summed E-state index contributed by atoms with van der Waals surface area (Å²) in [5, 5.41) is 7.06. The zero-order valence-corrected chi connectivity index (χ0v) is 14.3. The average Bonchev–Trinajstić information content (AvgIpc) is 3.20. The molecule has 0 spiro atoms. The number of hydrogen-bond acceptors (Lipinski definition) is 4. The average molecular weight is 329 g/mol. The van der Waals surface area contributed by atoms with E-state index in [1.807, 2.05) is 32.9 Å². The smallest absolute Gasteiger partial charge is 0.244 e. The molecule has 1 aliphatic heterocycles. The molecule has 0 unspecified atom stereocenters. The van der Waals surface area contributed by atoms with Crippen LogP contribution in [0.25, 0.3) is 0 Å². The van der Waals surface area contributed by atoms with E-state index < -0.39 is 0 Å². The van der Waals surface area contributed by atoms with Crippen LogP contribution in [0.4, 0.5) is 0 Å². The summed E-state index contributed by atoms with van der Waals surface area (Å²) >= 11 is 0. The molecule has 1 aromatic heterocycles. The van der Waals surface area contributed by atoms with E-state index in [1.165, 1.54) is 0 Å². The van der Waals surface area contributed by atoms with Crippen molar-refractivity contribution >= 4 is 5.91 Å². The van der Waals surface area contributed by atoms with Gasteiger partial charge in [-0.15, -0.1) is 0 Å². The van der Waals surface area contributed by atoms with Crippen molar-refractivity contribution in [2.45, 2.75) is 45.9 Å². The first-order valence-electron chi connectivity index (χ1n) is 8.30. The topological polar surface area (TPSA) is 65.4 Å². The predicted molar refractivity (Wildman–Crippen MR) is 90.2 cm³/mol. The fraction of sp³-hybridized carbons (Fsp3) is 0.444. The van der Waals surface area contributed by atoms with Gasteiger partial charge in [-0.2, -0.15) is 5.10 Å². The van der Waals surface area contributed by atoms with Crippen LogP contribution in [-0.2, 0) is 17.8 Å². The summed E-state index contributed by atoms with van der Waals surface area (Å²) in [5.74, 6) is 1.60. The van der Waals surface area contributed by atoms with Crippen LogP contribution in [0, 0.1) is 0 Å². The summed E-state index contributed by atoms with van der Waals surface area (Å²) in [5.41, 5.74) is 2.08. The van der Waals surface area contributed by atoms with Gasteiger partial charge < -0.3 is 14.8 Å². The van der Waals surface area contributed by atoms with Crippen molar-refractivity contribution in [1.82, 2.24) is 15.1 Å². The van der Waals surface area contributed by atoms with Crippen LogP contribution in [-0.4, -0.2) is 28.4 Å². The standard InChI is InChI=1S/C18H23N3O3/c1-4-23-16-9-14-8-12(2)24-17(14)10-15(16)11-19-18(22)13(3)21-7-5-6-20-21/h5-7,9-10,12-13H,4,8,11H2,1-3H3,(H,19,22)/t12-,13+/m0/s1. The number of carbonyl (C=O) groups is 1. The number of benzene rings is 1.